The Kier molecular flexibility index (Phi) is 3.74. The van der Waals surface area contributed by atoms with Crippen LogP contribution in [0.1, 0.15) is 58.8 Å². The van der Waals surface area contributed by atoms with Gasteiger partial charge in [0.2, 0.25) is 11.8 Å². The second-order valence-electron chi connectivity index (χ2n) is 8.26. The molecule has 4 heteroatoms. The van der Waals surface area contributed by atoms with Crippen LogP contribution in [0.15, 0.2) is 0 Å². The number of amides is 2. The van der Waals surface area contributed by atoms with Crippen molar-refractivity contribution in [2.24, 2.45) is 34.8 Å². The fourth-order valence-corrected chi connectivity index (χ4v) is 5.42. The molecule has 21 heavy (non-hydrogen) atoms. The van der Waals surface area contributed by atoms with Gasteiger partial charge in [-0.15, -0.1) is 0 Å². The minimum absolute atomic E-state index is 0.103. The first-order valence-electron chi connectivity index (χ1n) is 8.48. The monoisotopic (exact) mass is 292 g/mol. The van der Waals surface area contributed by atoms with Gasteiger partial charge in [-0.25, -0.2) is 0 Å². The molecule has 4 aliphatic carbocycles. The fourth-order valence-electron chi connectivity index (χ4n) is 5.42. The highest BCUT2D eigenvalue weighted by Gasteiger charge is 2.54. The predicted octanol–water partition coefficient (Wildman–Crippen LogP) is 2.22. The quantitative estimate of drug-likeness (QED) is 0.815. The Balaban J connectivity index is 1.71. The van der Waals surface area contributed by atoms with E-state index in [0.717, 1.165) is 37.0 Å². The number of carbonyl (C=O) groups excluding carboxylic acids is 2. The molecule has 4 rings (SSSR count). The summed E-state index contributed by atoms with van der Waals surface area (Å²) in [7, 11) is 0. The van der Waals surface area contributed by atoms with E-state index in [1.54, 1.807) is 0 Å². The Morgan fingerprint density at radius 1 is 1.10 bits per heavy atom. The molecular formula is C17H28N2O2. The summed E-state index contributed by atoms with van der Waals surface area (Å²) in [5.74, 6) is 2.25. The molecule has 0 heterocycles. The van der Waals surface area contributed by atoms with Crippen molar-refractivity contribution < 1.29 is 9.59 Å². The van der Waals surface area contributed by atoms with E-state index in [0.29, 0.717) is 12.3 Å². The van der Waals surface area contributed by atoms with Crippen molar-refractivity contribution in [1.29, 1.82) is 0 Å². The SMILES string of the molecule is CC(C)C[C@H](NC(=O)C12CC3CC(CC(C3)C1)C2)C(N)=O. The Labute approximate surface area is 127 Å². The first-order chi connectivity index (χ1) is 9.88. The molecule has 1 atom stereocenters. The molecule has 4 aliphatic rings. The molecule has 4 bridgehead atoms. The third-order valence-corrected chi connectivity index (χ3v) is 5.88. The highest BCUT2D eigenvalue weighted by Crippen LogP contribution is 2.60. The van der Waals surface area contributed by atoms with Crippen LogP contribution in [0.4, 0.5) is 0 Å². The smallest absolute Gasteiger partial charge is 0.240 e. The van der Waals surface area contributed by atoms with Gasteiger partial charge in [-0.1, -0.05) is 13.8 Å². The molecule has 2 amide bonds. The Hall–Kier alpha value is -1.06. The number of hydrogen-bond donors (Lipinski definition) is 2. The highest BCUT2D eigenvalue weighted by molar-refractivity contribution is 5.89. The van der Waals surface area contributed by atoms with Gasteiger partial charge in [-0.05, 0) is 68.6 Å². The van der Waals surface area contributed by atoms with E-state index < -0.39 is 11.9 Å². The minimum atomic E-state index is -0.509. The zero-order valence-corrected chi connectivity index (χ0v) is 13.2. The maximum absolute atomic E-state index is 12.9. The van der Waals surface area contributed by atoms with E-state index in [4.69, 9.17) is 5.73 Å². The molecule has 0 aromatic carbocycles. The van der Waals surface area contributed by atoms with Crippen molar-refractivity contribution in [3.8, 4) is 0 Å². The van der Waals surface area contributed by atoms with Gasteiger partial charge in [0.15, 0.2) is 0 Å². The maximum Gasteiger partial charge on any atom is 0.240 e. The first-order valence-corrected chi connectivity index (χ1v) is 8.48. The topological polar surface area (TPSA) is 72.2 Å². The molecule has 4 fully saturated rings. The number of carbonyl (C=O) groups is 2. The van der Waals surface area contributed by atoms with Gasteiger partial charge >= 0.3 is 0 Å². The summed E-state index contributed by atoms with van der Waals surface area (Å²) >= 11 is 0. The second-order valence-corrected chi connectivity index (χ2v) is 8.26. The van der Waals surface area contributed by atoms with Crippen LogP contribution in [0, 0.1) is 29.1 Å². The largest absolute Gasteiger partial charge is 0.368 e. The summed E-state index contributed by atoms with van der Waals surface area (Å²) < 4.78 is 0. The predicted molar refractivity (Wildman–Crippen MR) is 81.2 cm³/mol. The summed E-state index contributed by atoms with van der Waals surface area (Å²) in [5.41, 5.74) is 5.28. The average Bonchev–Trinajstić information content (AvgIpc) is 2.35. The zero-order valence-electron chi connectivity index (χ0n) is 13.2. The lowest BCUT2D eigenvalue weighted by atomic mass is 9.49. The molecule has 4 nitrogen and oxygen atoms in total. The second kappa shape index (κ2) is 5.29. The molecule has 118 valence electrons. The van der Waals surface area contributed by atoms with Crippen LogP contribution in [0.25, 0.3) is 0 Å². The van der Waals surface area contributed by atoms with Crippen molar-refractivity contribution in [2.45, 2.75) is 64.8 Å². The molecule has 0 spiro atoms. The van der Waals surface area contributed by atoms with Crippen molar-refractivity contribution in [3.05, 3.63) is 0 Å². The van der Waals surface area contributed by atoms with Crippen LogP contribution in [0.3, 0.4) is 0 Å². The third-order valence-electron chi connectivity index (χ3n) is 5.88. The molecule has 0 aliphatic heterocycles. The molecule has 3 N–H and O–H groups in total. The van der Waals surface area contributed by atoms with Crippen molar-refractivity contribution in [1.82, 2.24) is 5.32 Å². The van der Waals surface area contributed by atoms with E-state index in [9.17, 15) is 9.59 Å². The van der Waals surface area contributed by atoms with E-state index in [1.807, 2.05) is 13.8 Å². The van der Waals surface area contributed by atoms with Gasteiger partial charge in [-0.3, -0.25) is 9.59 Å². The van der Waals surface area contributed by atoms with Crippen LogP contribution in [0.5, 0.6) is 0 Å². The minimum Gasteiger partial charge on any atom is -0.368 e. The molecule has 4 saturated carbocycles. The fraction of sp³-hybridized carbons (Fsp3) is 0.882. The van der Waals surface area contributed by atoms with Gasteiger partial charge in [-0.2, -0.15) is 0 Å². The first kappa shape index (κ1) is 14.9. The third kappa shape index (κ3) is 2.82. The number of nitrogens with one attached hydrogen (secondary N) is 1. The molecular weight excluding hydrogens is 264 g/mol. The van der Waals surface area contributed by atoms with E-state index in [-0.39, 0.29) is 11.3 Å². The summed E-state index contributed by atoms with van der Waals surface area (Å²) in [4.78, 5) is 24.5. The van der Waals surface area contributed by atoms with Crippen LogP contribution in [-0.2, 0) is 9.59 Å². The lowest BCUT2D eigenvalue weighted by Gasteiger charge is -2.55. The lowest BCUT2D eigenvalue weighted by Crippen LogP contribution is -2.57. The summed E-state index contributed by atoms with van der Waals surface area (Å²) in [6, 6.07) is -0.509. The number of hydrogen-bond acceptors (Lipinski definition) is 2. The van der Waals surface area contributed by atoms with Crippen LogP contribution < -0.4 is 11.1 Å². The van der Waals surface area contributed by atoms with E-state index in [2.05, 4.69) is 5.32 Å². The van der Waals surface area contributed by atoms with Crippen molar-refractivity contribution in [3.63, 3.8) is 0 Å². The zero-order chi connectivity index (χ0) is 15.2. The van der Waals surface area contributed by atoms with Gasteiger partial charge in [0.1, 0.15) is 6.04 Å². The lowest BCUT2D eigenvalue weighted by molar-refractivity contribution is -0.148. The molecule has 0 radical (unpaired) electrons. The van der Waals surface area contributed by atoms with Gasteiger partial charge in [0.05, 0.1) is 0 Å². The number of rotatable bonds is 5. The summed E-state index contributed by atoms with van der Waals surface area (Å²) in [6.07, 6.45) is 7.66. The molecule has 0 unspecified atom stereocenters. The van der Waals surface area contributed by atoms with Crippen molar-refractivity contribution in [2.75, 3.05) is 0 Å². The standard InChI is InChI=1S/C17H28N2O2/c1-10(2)3-14(15(18)20)19-16(21)17-7-11-4-12(8-17)6-13(5-11)9-17/h10-14H,3-9H2,1-2H3,(H2,18,20)(H,19,21)/t11?,12?,13?,14-,17?/m0/s1. The summed E-state index contributed by atoms with van der Waals surface area (Å²) in [5, 5.41) is 2.99. The normalized spacial score (nSPS) is 38.5. The van der Waals surface area contributed by atoms with E-state index >= 15 is 0 Å². The molecule has 0 aromatic rings. The van der Waals surface area contributed by atoms with Crippen LogP contribution in [-0.4, -0.2) is 17.9 Å². The van der Waals surface area contributed by atoms with Crippen molar-refractivity contribution >= 4 is 11.8 Å². The number of primary amides is 1. The van der Waals surface area contributed by atoms with Crippen LogP contribution in [0.2, 0.25) is 0 Å². The number of nitrogens with two attached hydrogens (primary N) is 1. The Morgan fingerprint density at radius 3 is 1.95 bits per heavy atom. The molecule has 0 aromatic heterocycles. The molecule has 0 saturated heterocycles. The van der Waals surface area contributed by atoms with Crippen LogP contribution >= 0.6 is 0 Å². The highest BCUT2D eigenvalue weighted by atomic mass is 16.2. The maximum atomic E-state index is 12.9. The van der Waals surface area contributed by atoms with Gasteiger partial charge in [0.25, 0.3) is 0 Å². The Morgan fingerprint density at radius 2 is 1.57 bits per heavy atom. The van der Waals surface area contributed by atoms with Gasteiger partial charge in [0, 0.05) is 5.41 Å². The average molecular weight is 292 g/mol. The Bertz CT molecular complexity index is 409. The van der Waals surface area contributed by atoms with E-state index in [1.165, 1.54) is 19.3 Å². The van der Waals surface area contributed by atoms with Gasteiger partial charge < -0.3 is 11.1 Å². The summed E-state index contributed by atoms with van der Waals surface area (Å²) in [6.45, 7) is 4.10.